The van der Waals surface area contributed by atoms with Crippen molar-refractivity contribution in [3.63, 3.8) is 0 Å². The van der Waals surface area contributed by atoms with E-state index in [2.05, 4.69) is 93.2 Å². The van der Waals surface area contributed by atoms with E-state index in [0.717, 1.165) is 88.8 Å². The highest BCUT2D eigenvalue weighted by molar-refractivity contribution is 5.91. The first-order valence-corrected chi connectivity index (χ1v) is 19.5. The van der Waals surface area contributed by atoms with Crippen molar-refractivity contribution >= 4 is 34.9 Å². The monoisotopic (exact) mass is 740 g/mol. The van der Waals surface area contributed by atoms with Gasteiger partial charge in [0.2, 0.25) is 24.1 Å². The van der Waals surface area contributed by atoms with Crippen molar-refractivity contribution in [3.8, 4) is 33.6 Å². The van der Waals surface area contributed by atoms with E-state index in [0.29, 0.717) is 37.7 Å². The lowest BCUT2D eigenvalue weighted by Gasteiger charge is -2.29. The number of nitrogens with one attached hydrogen (secondary N) is 4. The van der Waals surface area contributed by atoms with Gasteiger partial charge in [-0.3, -0.25) is 19.2 Å². The fraction of sp³-hybridized carbons (Fsp3) is 0.395. The number of aromatic nitrogens is 4. The largest absolute Gasteiger partial charge is 0.350 e. The molecule has 55 heavy (non-hydrogen) atoms. The Morgan fingerprint density at radius 2 is 1.58 bits per heavy atom. The summed E-state index contributed by atoms with van der Waals surface area (Å²) >= 11 is 0. The van der Waals surface area contributed by atoms with Gasteiger partial charge >= 0.3 is 0 Å². The summed E-state index contributed by atoms with van der Waals surface area (Å²) in [6.45, 7) is 4.96. The van der Waals surface area contributed by atoms with Gasteiger partial charge in [-0.25, -0.2) is 9.97 Å². The number of amides is 4. The highest BCUT2D eigenvalue weighted by atomic mass is 16.2. The molecule has 4 amide bonds. The van der Waals surface area contributed by atoms with Crippen LogP contribution in [-0.4, -0.2) is 79.5 Å². The van der Waals surface area contributed by atoms with Gasteiger partial charge in [-0.1, -0.05) is 68.8 Å². The number of fused-ring (bicyclic) bond motifs is 3. The van der Waals surface area contributed by atoms with E-state index >= 15 is 0 Å². The minimum absolute atomic E-state index is 0.0229. The van der Waals surface area contributed by atoms with Crippen molar-refractivity contribution in [1.29, 1.82) is 0 Å². The average Bonchev–Trinajstić information content (AvgIpc) is 3.51. The van der Waals surface area contributed by atoms with E-state index < -0.39 is 0 Å². The zero-order valence-electron chi connectivity index (χ0n) is 31.4. The summed E-state index contributed by atoms with van der Waals surface area (Å²) in [5.74, 6) is 1.60. The van der Waals surface area contributed by atoms with Crippen molar-refractivity contribution < 1.29 is 19.2 Å². The summed E-state index contributed by atoms with van der Waals surface area (Å²) < 4.78 is 0. The molecule has 12 heteroatoms. The smallest absolute Gasteiger partial charge is 0.242 e. The molecule has 3 aliphatic rings. The molecular weight excluding hydrogens is 693 g/mol. The van der Waals surface area contributed by atoms with Gasteiger partial charge in [0.05, 0.1) is 49.5 Å². The summed E-state index contributed by atoms with van der Waals surface area (Å²) in [7, 11) is 0. The van der Waals surface area contributed by atoms with Gasteiger partial charge in [-0.15, -0.1) is 0 Å². The Balaban J connectivity index is 0.946. The number of nitrogens with zero attached hydrogens (tertiary/aromatic N) is 4. The van der Waals surface area contributed by atoms with Gasteiger partial charge in [-0.2, -0.15) is 0 Å². The normalized spacial score (nSPS) is 19.6. The van der Waals surface area contributed by atoms with E-state index in [-0.39, 0.29) is 48.3 Å². The van der Waals surface area contributed by atoms with Crippen LogP contribution in [0.1, 0.15) is 76.5 Å². The Morgan fingerprint density at radius 3 is 2.33 bits per heavy atom. The van der Waals surface area contributed by atoms with Crippen LogP contribution in [0.3, 0.4) is 0 Å². The fourth-order valence-corrected chi connectivity index (χ4v) is 8.44. The van der Waals surface area contributed by atoms with Gasteiger partial charge in [-0.05, 0) is 83.0 Å². The Morgan fingerprint density at radius 1 is 0.891 bits per heavy atom. The minimum Gasteiger partial charge on any atom is -0.350 e. The van der Waals surface area contributed by atoms with Crippen molar-refractivity contribution in [1.82, 2.24) is 40.4 Å². The lowest BCUT2D eigenvalue weighted by Crippen LogP contribution is -2.43. The summed E-state index contributed by atoms with van der Waals surface area (Å²) in [4.78, 5) is 69.0. The molecule has 1 saturated heterocycles. The maximum Gasteiger partial charge on any atom is 0.242 e. The summed E-state index contributed by atoms with van der Waals surface area (Å²) in [5.41, 5.74) is 6.17. The molecule has 0 radical (unpaired) electrons. The molecule has 0 unspecified atom stereocenters. The third-order valence-electron chi connectivity index (χ3n) is 11.8. The highest BCUT2D eigenvalue weighted by Gasteiger charge is 2.47. The molecule has 8 rings (SSSR count). The molecule has 12 nitrogen and oxygen atoms in total. The third kappa shape index (κ3) is 7.76. The quantitative estimate of drug-likeness (QED) is 0.100. The molecule has 1 aliphatic heterocycles. The Bertz CT molecular complexity index is 2220. The second-order valence-electron chi connectivity index (χ2n) is 15.8. The van der Waals surface area contributed by atoms with Gasteiger partial charge in [0.1, 0.15) is 11.6 Å². The average molecular weight is 741 g/mol. The number of rotatable bonds is 14. The van der Waals surface area contributed by atoms with Gasteiger partial charge in [0.25, 0.3) is 0 Å². The van der Waals surface area contributed by atoms with Crippen molar-refractivity contribution in [2.45, 2.75) is 77.4 Å². The number of H-pyrrole nitrogens is 2. The van der Waals surface area contributed by atoms with Crippen molar-refractivity contribution in [2.75, 3.05) is 19.6 Å². The second kappa shape index (κ2) is 15.2. The topological polar surface area (TPSA) is 156 Å². The first kappa shape index (κ1) is 36.2. The number of aromatic amines is 2. The SMILES string of the molecule is CCC(=O)NCC(=O)N1[C@@H]2CCC[C@@H](C2)[C@H]1c1ncc(-c2ccc(-c3ccc4cc(-c5cnc(CN(CC6(C)CC6)C(=O)CNC=O)[nH]5)ccc4c3)cc2)[nH]1. The van der Waals surface area contributed by atoms with Crippen LogP contribution in [0.15, 0.2) is 73.1 Å². The molecule has 284 valence electrons. The van der Waals surface area contributed by atoms with E-state index in [9.17, 15) is 19.2 Å². The third-order valence-corrected chi connectivity index (χ3v) is 11.8. The van der Waals surface area contributed by atoms with Crippen LogP contribution in [-0.2, 0) is 25.7 Å². The van der Waals surface area contributed by atoms with Crippen LogP contribution >= 0.6 is 0 Å². The Labute approximate surface area is 320 Å². The number of carbonyl (C=O) groups is 4. The highest BCUT2D eigenvalue weighted by Crippen LogP contribution is 2.48. The Kier molecular flexibility index (Phi) is 9.98. The summed E-state index contributed by atoms with van der Waals surface area (Å²) in [6.07, 6.45) is 10.9. The molecule has 4 N–H and O–H groups in total. The van der Waals surface area contributed by atoms with E-state index in [4.69, 9.17) is 4.98 Å². The van der Waals surface area contributed by atoms with Crippen LogP contribution in [0.25, 0.3) is 44.4 Å². The van der Waals surface area contributed by atoms with Crippen LogP contribution < -0.4 is 10.6 Å². The predicted molar refractivity (Wildman–Crippen MR) is 210 cm³/mol. The van der Waals surface area contributed by atoms with Gasteiger partial charge in [0.15, 0.2) is 0 Å². The summed E-state index contributed by atoms with van der Waals surface area (Å²) in [6, 6.07) is 21.3. The van der Waals surface area contributed by atoms with Gasteiger partial charge in [0, 0.05) is 24.6 Å². The fourth-order valence-electron chi connectivity index (χ4n) is 8.44. The maximum absolute atomic E-state index is 13.4. The standard InChI is InChI=1S/C43H48N8O4/c1-3-38(53)46-23-40(55)51-34-6-4-5-33(19-34)41(51)42-47-21-35(49-42)28-9-7-27(8-10-28)29-11-12-31-18-32(14-13-30(31)17-29)36-20-45-37(48-36)24-50(25-43(2)15-16-43)39(54)22-44-26-52/h7-14,17-18,20-21,26,33-34,41H,3-6,15-16,19,22-25H2,1-2H3,(H,44,52)(H,45,48)(H,46,53)(H,47,49)/t33-,34+,41-/m0/s1. The zero-order valence-corrected chi connectivity index (χ0v) is 31.4. The second-order valence-corrected chi connectivity index (χ2v) is 15.8. The number of benzene rings is 3. The molecule has 2 saturated carbocycles. The number of carbonyl (C=O) groups excluding carboxylic acids is 4. The lowest BCUT2D eigenvalue weighted by molar-refractivity contribution is -0.135. The molecular formula is C43H48N8O4. The van der Waals surface area contributed by atoms with Crippen LogP contribution in [0.4, 0.5) is 0 Å². The molecule has 2 aromatic heterocycles. The predicted octanol–water partition coefficient (Wildman–Crippen LogP) is 6.13. The number of likely N-dealkylation sites (tertiary alicyclic amines) is 1. The van der Waals surface area contributed by atoms with Crippen LogP contribution in [0, 0.1) is 11.3 Å². The lowest BCUT2D eigenvalue weighted by atomic mass is 9.87. The van der Waals surface area contributed by atoms with Gasteiger partial charge < -0.3 is 30.4 Å². The molecule has 3 heterocycles. The van der Waals surface area contributed by atoms with E-state index in [1.807, 2.05) is 17.3 Å². The zero-order chi connectivity index (χ0) is 38.1. The Hall–Kier alpha value is -5.78. The molecule has 5 aromatic rings. The molecule has 2 aliphatic carbocycles. The van der Waals surface area contributed by atoms with Crippen molar-refractivity contribution in [3.05, 3.63) is 84.7 Å². The minimum atomic E-state index is -0.121. The molecule has 3 atom stereocenters. The van der Waals surface area contributed by atoms with Crippen LogP contribution in [0.2, 0.25) is 0 Å². The maximum atomic E-state index is 13.4. The molecule has 2 bridgehead atoms. The molecule has 0 spiro atoms. The first-order valence-electron chi connectivity index (χ1n) is 19.5. The number of hydrogen-bond donors (Lipinski definition) is 4. The molecule has 3 fully saturated rings. The van der Waals surface area contributed by atoms with E-state index in [1.54, 1.807) is 11.8 Å². The van der Waals surface area contributed by atoms with Crippen molar-refractivity contribution in [2.24, 2.45) is 11.3 Å². The molecule has 3 aromatic carbocycles. The van der Waals surface area contributed by atoms with E-state index in [1.165, 1.54) is 0 Å². The number of imidazole rings is 2. The first-order chi connectivity index (χ1) is 26.7. The summed E-state index contributed by atoms with van der Waals surface area (Å²) in [5, 5.41) is 7.49. The number of hydrogen-bond acceptors (Lipinski definition) is 6. The van der Waals surface area contributed by atoms with Crippen LogP contribution in [0.5, 0.6) is 0 Å².